The Balaban J connectivity index is 1.98. The average molecular weight is 416 g/mol. The number of ether oxygens (including phenoxy) is 1. The average Bonchev–Trinajstić information content (AvgIpc) is 2.50. The summed E-state index contributed by atoms with van der Waals surface area (Å²) in [7, 11) is 3.40. The molecular formula is C17H17BrClFN2O2. The van der Waals surface area contributed by atoms with Crippen LogP contribution in [0.5, 0.6) is 5.75 Å². The molecule has 0 aliphatic carbocycles. The highest BCUT2D eigenvalue weighted by Crippen LogP contribution is 2.24. The second-order valence-corrected chi connectivity index (χ2v) is 6.65. The second-order valence-electron chi connectivity index (χ2n) is 5.30. The van der Waals surface area contributed by atoms with Gasteiger partial charge in [0.25, 0.3) is 0 Å². The van der Waals surface area contributed by atoms with Crippen LogP contribution in [0, 0.1) is 5.82 Å². The van der Waals surface area contributed by atoms with Gasteiger partial charge in [-0.3, -0.25) is 9.69 Å². The number of halogens is 3. The highest BCUT2D eigenvalue weighted by atomic mass is 79.9. The van der Waals surface area contributed by atoms with Gasteiger partial charge >= 0.3 is 0 Å². The zero-order chi connectivity index (χ0) is 17.7. The number of benzene rings is 2. The van der Waals surface area contributed by atoms with Crippen molar-refractivity contribution in [1.82, 2.24) is 4.90 Å². The first-order valence-electron chi connectivity index (χ1n) is 7.15. The van der Waals surface area contributed by atoms with Gasteiger partial charge in [-0.25, -0.2) is 4.39 Å². The van der Waals surface area contributed by atoms with Gasteiger partial charge in [-0.1, -0.05) is 27.5 Å². The SMILES string of the molecule is COc1ccc(Br)cc1CN(C)CC(=O)Nc1ccc(Cl)cc1F. The molecule has 128 valence electrons. The fourth-order valence-electron chi connectivity index (χ4n) is 2.24. The lowest BCUT2D eigenvalue weighted by Crippen LogP contribution is -2.30. The van der Waals surface area contributed by atoms with Crippen molar-refractivity contribution in [2.45, 2.75) is 6.54 Å². The first kappa shape index (κ1) is 18.7. The van der Waals surface area contributed by atoms with Gasteiger partial charge in [0.05, 0.1) is 19.3 Å². The first-order chi connectivity index (χ1) is 11.4. The highest BCUT2D eigenvalue weighted by Gasteiger charge is 2.12. The number of hydrogen-bond donors (Lipinski definition) is 1. The summed E-state index contributed by atoms with van der Waals surface area (Å²) in [5.74, 6) is -0.131. The Hall–Kier alpha value is -1.63. The standard InChI is InChI=1S/C17H17BrClFN2O2/c1-22(9-11-7-12(18)3-6-16(11)24-2)10-17(23)21-15-5-4-13(19)8-14(15)20/h3-8H,9-10H2,1-2H3,(H,21,23). The van der Waals surface area contributed by atoms with Crippen molar-refractivity contribution in [3.05, 3.63) is 57.3 Å². The molecule has 2 rings (SSSR count). The normalized spacial score (nSPS) is 10.8. The molecule has 0 saturated heterocycles. The van der Waals surface area contributed by atoms with Crippen molar-refractivity contribution < 1.29 is 13.9 Å². The van der Waals surface area contributed by atoms with Gasteiger partial charge in [0.15, 0.2) is 0 Å². The molecule has 1 N–H and O–H groups in total. The maximum Gasteiger partial charge on any atom is 0.238 e. The van der Waals surface area contributed by atoms with Gasteiger partial charge in [-0.05, 0) is 43.4 Å². The summed E-state index contributed by atoms with van der Waals surface area (Å²) in [6, 6.07) is 9.80. The number of nitrogens with zero attached hydrogens (tertiary/aromatic N) is 1. The van der Waals surface area contributed by atoms with E-state index in [4.69, 9.17) is 16.3 Å². The Bertz CT molecular complexity index is 743. The van der Waals surface area contributed by atoms with Crippen LogP contribution in [0.15, 0.2) is 40.9 Å². The number of hydrogen-bond acceptors (Lipinski definition) is 3. The summed E-state index contributed by atoms with van der Waals surface area (Å²) in [5, 5.41) is 2.82. The molecule has 0 unspecified atom stereocenters. The Morgan fingerprint density at radius 3 is 2.75 bits per heavy atom. The highest BCUT2D eigenvalue weighted by molar-refractivity contribution is 9.10. The summed E-state index contributed by atoms with van der Waals surface area (Å²) in [5.41, 5.74) is 1.05. The number of methoxy groups -OCH3 is 1. The van der Waals surface area contributed by atoms with Crippen molar-refractivity contribution in [3.8, 4) is 5.75 Å². The Kier molecular flexibility index (Phi) is 6.60. The number of likely N-dealkylation sites (N-methyl/N-ethyl adjacent to an activating group) is 1. The van der Waals surface area contributed by atoms with Gasteiger partial charge < -0.3 is 10.1 Å². The van der Waals surface area contributed by atoms with Gasteiger partial charge in [-0.15, -0.1) is 0 Å². The molecule has 0 radical (unpaired) electrons. The van der Waals surface area contributed by atoms with E-state index in [9.17, 15) is 9.18 Å². The van der Waals surface area contributed by atoms with Crippen LogP contribution in [-0.4, -0.2) is 31.5 Å². The maximum atomic E-state index is 13.7. The summed E-state index contributed by atoms with van der Waals surface area (Å²) < 4.78 is 20.0. The fourth-order valence-corrected chi connectivity index (χ4v) is 2.81. The number of amides is 1. The lowest BCUT2D eigenvalue weighted by molar-refractivity contribution is -0.117. The summed E-state index contributed by atoms with van der Waals surface area (Å²) in [6.07, 6.45) is 0. The molecule has 2 aromatic rings. The minimum atomic E-state index is -0.563. The number of anilines is 1. The minimum Gasteiger partial charge on any atom is -0.496 e. The van der Waals surface area contributed by atoms with Gasteiger partial charge in [0, 0.05) is 21.6 Å². The molecular weight excluding hydrogens is 399 g/mol. The summed E-state index contributed by atoms with van der Waals surface area (Å²) >= 11 is 9.11. The van der Waals surface area contributed by atoms with Crippen LogP contribution in [0.2, 0.25) is 5.02 Å². The summed E-state index contributed by atoms with van der Waals surface area (Å²) in [4.78, 5) is 13.9. The number of rotatable bonds is 6. The number of nitrogens with one attached hydrogen (secondary N) is 1. The molecule has 0 fully saturated rings. The Morgan fingerprint density at radius 2 is 2.08 bits per heavy atom. The van der Waals surface area contributed by atoms with Crippen molar-refractivity contribution in [2.24, 2.45) is 0 Å². The van der Waals surface area contributed by atoms with Crippen LogP contribution in [-0.2, 0) is 11.3 Å². The first-order valence-corrected chi connectivity index (χ1v) is 8.32. The largest absolute Gasteiger partial charge is 0.496 e. The van der Waals surface area contributed by atoms with E-state index >= 15 is 0 Å². The molecule has 24 heavy (non-hydrogen) atoms. The van der Waals surface area contributed by atoms with Crippen molar-refractivity contribution in [3.63, 3.8) is 0 Å². The van der Waals surface area contributed by atoms with Gasteiger partial charge in [0.2, 0.25) is 5.91 Å². The third-order valence-corrected chi connectivity index (χ3v) is 4.03. The monoisotopic (exact) mass is 414 g/mol. The van der Waals surface area contributed by atoms with E-state index in [1.54, 1.807) is 14.2 Å². The zero-order valence-corrected chi connectivity index (χ0v) is 15.6. The van der Waals surface area contributed by atoms with E-state index < -0.39 is 5.82 Å². The van der Waals surface area contributed by atoms with E-state index in [2.05, 4.69) is 21.2 Å². The molecule has 0 saturated carbocycles. The van der Waals surface area contributed by atoms with Gasteiger partial charge in [0.1, 0.15) is 11.6 Å². The van der Waals surface area contributed by atoms with E-state index in [0.29, 0.717) is 6.54 Å². The number of carbonyl (C=O) groups is 1. The van der Waals surface area contributed by atoms with Crippen LogP contribution in [0.25, 0.3) is 0 Å². The maximum absolute atomic E-state index is 13.7. The number of carbonyl (C=O) groups excluding carboxylic acids is 1. The van der Waals surface area contributed by atoms with Crippen LogP contribution >= 0.6 is 27.5 Å². The predicted molar refractivity (Wildman–Crippen MR) is 97.1 cm³/mol. The Labute approximate surface area is 153 Å². The van der Waals surface area contributed by atoms with Crippen molar-refractivity contribution >= 4 is 39.1 Å². The molecule has 0 bridgehead atoms. The van der Waals surface area contributed by atoms with E-state index in [1.165, 1.54) is 12.1 Å². The quantitative estimate of drug-likeness (QED) is 0.764. The molecule has 0 aliphatic rings. The van der Waals surface area contributed by atoms with Crippen LogP contribution in [0.3, 0.4) is 0 Å². The summed E-state index contributed by atoms with van der Waals surface area (Å²) in [6.45, 7) is 0.622. The molecule has 0 heterocycles. The molecule has 0 aromatic heterocycles. The third kappa shape index (κ3) is 5.19. The lowest BCUT2D eigenvalue weighted by atomic mass is 10.2. The minimum absolute atomic E-state index is 0.109. The Morgan fingerprint density at radius 1 is 1.33 bits per heavy atom. The smallest absolute Gasteiger partial charge is 0.238 e. The van der Waals surface area contributed by atoms with E-state index in [1.807, 2.05) is 23.1 Å². The van der Waals surface area contributed by atoms with E-state index in [-0.39, 0.29) is 23.2 Å². The molecule has 7 heteroatoms. The molecule has 1 amide bonds. The van der Waals surface area contributed by atoms with Crippen molar-refractivity contribution in [2.75, 3.05) is 26.0 Å². The molecule has 4 nitrogen and oxygen atoms in total. The van der Waals surface area contributed by atoms with Crippen LogP contribution < -0.4 is 10.1 Å². The van der Waals surface area contributed by atoms with Crippen LogP contribution in [0.4, 0.5) is 10.1 Å². The fraction of sp³-hybridized carbons (Fsp3) is 0.235. The molecule has 0 spiro atoms. The third-order valence-electron chi connectivity index (χ3n) is 3.30. The predicted octanol–water partition coefficient (Wildman–Crippen LogP) is 4.32. The second kappa shape index (κ2) is 8.46. The van der Waals surface area contributed by atoms with Crippen LogP contribution in [0.1, 0.15) is 5.56 Å². The molecule has 0 aliphatic heterocycles. The van der Waals surface area contributed by atoms with Crippen molar-refractivity contribution in [1.29, 1.82) is 0 Å². The van der Waals surface area contributed by atoms with Gasteiger partial charge in [-0.2, -0.15) is 0 Å². The van der Waals surface area contributed by atoms with E-state index in [0.717, 1.165) is 21.9 Å². The topological polar surface area (TPSA) is 41.6 Å². The molecule has 0 atom stereocenters. The zero-order valence-electron chi connectivity index (χ0n) is 13.3. The molecule has 2 aromatic carbocycles. The lowest BCUT2D eigenvalue weighted by Gasteiger charge is -2.18.